The van der Waals surface area contributed by atoms with Gasteiger partial charge in [0.25, 0.3) is 0 Å². The van der Waals surface area contributed by atoms with E-state index in [0.29, 0.717) is 11.1 Å². The molecule has 0 spiro atoms. The molecule has 1 N–H and O–H groups in total. The Hall–Kier alpha value is -2.05. The van der Waals surface area contributed by atoms with E-state index < -0.39 is 26.9 Å². The fraction of sp³-hybridized carbons (Fsp3) is 0.333. The quantitative estimate of drug-likeness (QED) is 0.788. The highest BCUT2D eigenvalue weighted by Crippen LogP contribution is 2.30. The van der Waals surface area contributed by atoms with Crippen LogP contribution in [0.1, 0.15) is 38.7 Å². The van der Waals surface area contributed by atoms with Crippen LogP contribution in [-0.2, 0) is 10.0 Å². The molecule has 0 radical (unpaired) electrons. The lowest BCUT2D eigenvalue weighted by molar-refractivity contribution is 0.547. The molecule has 1 atom stereocenters. The Balaban J connectivity index is 1.87. The van der Waals surface area contributed by atoms with Gasteiger partial charge in [0.1, 0.15) is 11.6 Å². The minimum Gasteiger partial charge on any atom is -0.212 e. The third-order valence-corrected chi connectivity index (χ3v) is 6.63. The molecule has 1 aliphatic carbocycles. The first-order valence-corrected chi connectivity index (χ1v) is 10.6. The van der Waals surface area contributed by atoms with E-state index in [-0.39, 0.29) is 6.04 Å². The molecular formula is C21H23F2NO2S. The summed E-state index contributed by atoms with van der Waals surface area (Å²) in [4.78, 5) is 0. The van der Waals surface area contributed by atoms with Crippen molar-refractivity contribution in [3.8, 4) is 11.1 Å². The van der Waals surface area contributed by atoms with Crippen LogP contribution >= 0.6 is 0 Å². The normalized spacial score (nSPS) is 17.8. The Morgan fingerprint density at radius 3 is 2.15 bits per heavy atom. The molecule has 144 valence electrons. The van der Waals surface area contributed by atoms with Crippen LogP contribution in [0.4, 0.5) is 8.78 Å². The van der Waals surface area contributed by atoms with Crippen molar-refractivity contribution in [2.24, 2.45) is 0 Å². The first kappa shape index (κ1) is 19.7. The fourth-order valence-electron chi connectivity index (χ4n) is 3.23. The lowest BCUT2D eigenvalue weighted by Crippen LogP contribution is -2.40. The zero-order valence-corrected chi connectivity index (χ0v) is 16.2. The summed E-state index contributed by atoms with van der Waals surface area (Å²) >= 11 is 0. The van der Waals surface area contributed by atoms with Gasteiger partial charge in [0.15, 0.2) is 0 Å². The van der Waals surface area contributed by atoms with Crippen molar-refractivity contribution in [1.82, 2.24) is 4.72 Å². The van der Waals surface area contributed by atoms with Crippen molar-refractivity contribution in [1.29, 1.82) is 0 Å². The number of rotatable bonds is 5. The summed E-state index contributed by atoms with van der Waals surface area (Å²) in [5.41, 5.74) is 3.02. The Labute approximate surface area is 159 Å². The molecule has 0 saturated heterocycles. The first-order valence-electron chi connectivity index (χ1n) is 9.04. The molecule has 0 aromatic heterocycles. The Morgan fingerprint density at radius 1 is 0.963 bits per heavy atom. The van der Waals surface area contributed by atoms with E-state index in [1.54, 1.807) is 26.0 Å². The van der Waals surface area contributed by atoms with Gasteiger partial charge in [-0.1, -0.05) is 30.3 Å². The van der Waals surface area contributed by atoms with Gasteiger partial charge in [-0.25, -0.2) is 21.9 Å². The van der Waals surface area contributed by atoms with Gasteiger partial charge in [0.2, 0.25) is 10.0 Å². The van der Waals surface area contributed by atoms with Crippen LogP contribution in [0.3, 0.4) is 0 Å². The zero-order chi connectivity index (χ0) is 19.6. The molecule has 27 heavy (non-hydrogen) atoms. The lowest BCUT2D eigenvalue weighted by Gasteiger charge is -2.26. The summed E-state index contributed by atoms with van der Waals surface area (Å²) in [5, 5.41) is -0.495. The Morgan fingerprint density at radius 2 is 1.56 bits per heavy atom. The highest BCUT2D eigenvalue weighted by molar-refractivity contribution is 7.90. The van der Waals surface area contributed by atoms with Crippen LogP contribution in [0.5, 0.6) is 0 Å². The van der Waals surface area contributed by atoms with E-state index in [1.165, 1.54) is 12.1 Å². The predicted molar refractivity (Wildman–Crippen MR) is 105 cm³/mol. The van der Waals surface area contributed by atoms with Crippen LogP contribution in [0.15, 0.2) is 48.5 Å². The van der Waals surface area contributed by atoms with Crippen molar-refractivity contribution in [3.05, 3.63) is 65.7 Å². The van der Waals surface area contributed by atoms with E-state index in [1.807, 2.05) is 12.1 Å². The van der Waals surface area contributed by atoms with Gasteiger partial charge in [-0.05, 0) is 67.5 Å². The average molecular weight is 391 g/mol. The minimum absolute atomic E-state index is 0.261. The largest absolute Gasteiger partial charge is 0.214 e. The second kappa shape index (κ2) is 7.90. The molecular weight excluding hydrogens is 368 g/mol. The lowest BCUT2D eigenvalue weighted by atomic mass is 9.89. The molecule has 2 aromatic carbocycles. The maximum atomic E-state index is 13.4. The number of hydrogen-bond donors (Lipinski definition) is 1. The molecule has 0 amide bonds. The van der Waals surface area contributed by atoms with Crippen LogP contribution in [0.25, 0.3) is 16.7 Å². The van der Waals surface area contributed by atoms with E-state index in [2.05, 4.69) is 10.8 Å². The summed E-state index contributed by atoms with van der Waals surface area (Å²) in [7, 11) is -3.37. The minimum atomic E-state index is -3.37. The van der Waals surface area contributed by atoms with E-state index in [9.17, 15) is 17.2 Å². The molecule has 0 saturated carbocycles. The van der Waals surface area contributed by atoms with Gasteiger partial charge in [0.05, 0.1) is 5.25 Å². The maximum Gasteiger partial charge on any atom is 0.214 e. The summed E-state index contributed by atoms with van der Waals surface area (Å²) in [6, 6.07) is 10.5. The number of nitrogens with one attached hydrogen (secondary N) is 1. The van der Waals surface area contributed by atoms with Gasteiger partial charge in [-0.15, -0.1) is 0 Å². The van der Waals surface area contributed by atoms with Crippen molar-refractivity contribution < 1.29 is 17.2 Å². The summed E-state index contributed by atoms with van der Waals surface area (Å²) in [6.07, 6.45) is 4.63. The van der Waals surface area contributed by atoms with Crippen molar-refractivity contribution in [2.75, 3.05) is 0 Å². The number of halogens is 2. The summed E-state index contributed by atoms with van der Waals surface area (Å²) in [5.74, 6) is -1.24. The van der Waals surface area contributed by atoms with Crippen molar-refractivity contribution >= 4 is 15.6 Å². The summed E-state index contributed by atoms with van der Waals surface area (Å²) < 4.78 is 54.2. The first-order chi connectivity index (χ1) is 12.8. The molecule has 0 aliphatic heterocycles. The highest BCUT2D eigenvalue weighted by atomic mass is 32.2. The number of sulfonamides is 1. The van der Waals surface area contributed by atoms with Crippen LogP contribution in [0, 0.1) is 11.6 Å². The molecule has 1 unspecified atom stereocenters. The van der Waals surface area contributed by atoms with Crippen LogP contribution in [-0.4, -0.2) is 19.7 Å². The van der Waals surface area contributed by atoms with Gasteiger partial charge in [0, 0.05) is 12.1 Å². The van der Waals surface area contributed by atoms with Crippen molar-refractivity contribution in [2.45, 2.75) is 44.4 Å². The molecule has 1 aliphatic rings. The Bertz CT molecular complexity index is 930. The topological polar surface area (TPSA) is 46.2 Å². The molecule has 3 nitrogen and oxygen atoms in total. The fourth-order valence-corrected chi connectivity index (χ4v) is 4.14. The van der Waals surface area contributed by atoms with Crippen molar-refractivity contribution in [3.63, 3.8) is 0 Å². The zero-order valence-electron chi connectivity index (χ0n) is 15.4. The number of hydrogen-bond acceptors (Lipinski definition) is 2. The van der Waals surface area contributed by atoms with Gasteiger partial charge in [-0.2, -0.15) is 0 Å². The molecule has 3 rings (SSSR count). The number of allylic oxidation sites excluding steroid dienone is 1. The monoisotopic (exact) mass is 391 g/mol. The van der Waals surface area contributed by atoms with Gasteiger partial charge >= 0.3 is 0 Å². The molecule has 0 bridgehead atoms. The van der Waals surface area contributed by atoms with E-state index >= 15 is 0 Å². The average Bonchev–Trinajstić information content (AvgIpc) is 2.61. The molecule has 0 heterocycles. The predicted octanol–water partition coefficient (Wildman–Crippen LogP) is 4.90. The van der Waals surface area contributed by atoms with Gasteiger partial charge < -0.3 is 0 Å². The molecule has 0 fully saturated rings. The van der Waals surface area contributed by atoms with Crippen LogP contribution < -0.4 is 4.72 Å². The number of benzene rings is 2. The second-order valence-electron chi connectivity index (χ2n) is 7.09. The smallest absolute Gasteiger partial charge is 0.212 e. The highest BCUT2D eigenvalue weighted by Gasteiger charge is 2.26. The summed E-state index contributed by atoms with van der Waals surface area (Å²) in [6.45, 7) is 3.31. The second-order valence-corrected chi connectivity index (χ2v) is 9.36. The third-order valence-electron chi connectivity index (χ3n) is 4.78. The van der Waals surface area contributed by atoms with Gasteiger partial charge in [-0.3, -0.25) is 0 Å². The maximum absolute atomic E-state index is 13.4. The standard InChI is InChI=1S/C21H23F2NO2S/c1-14(2)27(25,26)24-21-6-4-3-5-20(21)16-9-7-15(8-10-16)17-11-18(22)13-19(23)12-17/h5,7-14,21,24H,3-4,6H2,1-2H3. The SMILES string of the molecule is CC(C)S(=O)(=O)NC1CCCC=C1c1ccc(-c2cc(F)cc(F)c2)cc1. The molecule has 6 heteroatoms. The van der Waals surface area contributed by atoms with Crippen LogP contribution in [0.2, 0.25) is 0 Å². The Kier molecular flexibility index (Phi) is 5.77. The van der Waals surface area contributed by atoms with E-state index in [0.717, 1.165) is 36.5 Å². The third kappa shape index (κ3) is 4.62. The molecule has 2 aromatic rings. The van der Waals surface area contributed by atoms with E-state index in [4.69, 9.17) is 0 Å².